The zero-order chi connectivity index (χ0) is 14.1. The van der Waals surface area contributed by atoms with Gasteiger partial charge in [0.2, 0.25) is 0 Å². The highest BCUT2D eigenvalue weighted by Crippen LogP contribution is 2.28. The summed E-state index contributed by atoms with van der Waals surface area (Å²) in [5.74, 6) is 0.852. The molecule has 2 heterocycles. The maximum Gasteiger partial charge on any atom is 0.157 e. The van der Waals surface area contributed by atoms with Crippen molar-refractivity contribution >= 4 is 27.9 Å². The van der Waals surface area contributed by atoms with Crippen molar-refractivity contribution in [3.05, 3.63) is 51.8 Å². The summed E-state index contributed by atoms with van der Waals surface area (Å²) in [6, 6.07) is 12.8. The third-order valence-electron chi connectivity index (χ3n) is 3.41. The molecule has 102 valence electrons. The number of thiophene rings is 1. The molecule has 1 N–H and O–H groups in total. The Hall–Kier alpha value is -1.94. The molecule has 3 nitrogen and oxygen atoms in total. The first kappa shape index (κ1) is 13.1. The average Bonchev–Trinajstić information content (AvgIpc) is 2.89. The molecule has 0 saturated carbocycles. The van der Waals surface area contributed by atoms with E-state index in [2.05, 4.69) is 53.6 Å². The first-order chi connectivity index (χ1) is 9.65. The molecule has 3 rings (SSSR count). The van der Waals surface area contributed by atoms with Crippen LogP contribution in [0.15, 0.2) is 36.4 Å². The fourth-order valence-electron chi connectivity index (χ4n) is 2.31. The van der Waals surface area contributed by atoms with Crippen LogP contribution in [0, 0.1) is 13.8 Å². The number of aromatic nitrogens is 2. The van der Waals surface area contributed by atoms with Crippen molar-refractivity contribution in [1.29, 1.82) is 0 Å². The van der Waals surface area contributed by atoms with Gasteiger partial charge in [0.25, 0.3) is 0 Å². The molecular formula is C16H17N3S. The van der Waals surface area contributed by atoms with E-state index in [0.717, 1.165) is 22.3 Å². The lowest BCUT2D eigenvalue weighted by atomic mass is 10.1. The second-order valence-electron chi connectivity index (χ2n) is 4.99. The lowest BCUT2D eigenvalue weighted by Gasteiger charge is -2.14. The molecule has 0 saturated heterocycles. The first-order valence-corrected chi connectivity index (χ1v) is 7.51. The quantitative estimate of drug-likeness (QED) is 0.770. The topological polar surface area (TPSA) is 37.8 Å². The van der Waals surface area contributed by atoms with Gasteiger partial charge < -0.3 is 5.32 Å². The van der Waals surface area contributed by atoms with Crippen molar-refractivity contribution in [2.45, 2.75) is 26.8 Å². The Balaban J connectivity index is 1.97. The predicted molar refractivity (Wildman–Crippen MR) is 85.4 cm³/mol. The van der Waals surface area contributed by atoms with Gasteiger partial charge in [-0.05, 0) is 32.9 Å². The normalized spacial score (nSPS) is 12.6. The number of fused-ring (bicyclic) bond motifs is 1. The van der Waals surface area contributed by atoms with Crippen LogP contribution in [0.4, 0.5) is 5.82 Å². The van der Waals surface area contributed by atoms with E-state index in [0.29, 0.717) is 0 Å². The minimum atomic E-state index is 0.231. The summed E-state index contributed by atoms with van der Waals surface area (Å²) in [6.07, 6.45) is 0. The fourth-order valence-corrected chi connectivity index (χ4v) is 3.19. The first-order valence-electron chi connectivity index (χ1n) is 6.70. The fraction of sp³-hybridized carbons (Fsp3) is 0.250. The molecule has 0 radical (unpaired) electrons. The molecule has 1 unspecified atom stereocenters. The van der Waals surface area contributed by atoms with Crippen LogP contribution in [-0.4, -0.2) is 10.2 Å². The molecule has 4 heteroatoms. The summed E-state index contributed by atoms with van der Waals surface area (Å²) < 4.78 is 0. The highest BCUT2D eigenvalue weighted by molar-refractivity contribution is 7.12. The van der Waals surface area contributed by atoms with E-state index < -0.39 is 0 Å². The number of hydrogen-bond acceptors (Lipinski definition) is 4. The van der Waals surface area contributed by atoms with Crippen molar-refractivity contribution in [3.8, 4) is 0 Å². The summed E-state index contributed by atoms with van der Waals surface area (Å²) in [4.78, 5) is 2.64. The Labute approximate surface area is 122 Å². The van der Waals surface area contributed by atoms with Crippen LogP contribution < -0.4 is 5.32 Å². The summed E-state index contributed by atoms with van der Waals surface area (Å²) in [5.41, 5.74) is 0.964. The number of anilines is 1. The van der Waals surface area contributed by atoms with Gasteiger partial charge in [-0.2, -0.15) is 5.10 Å². The monoisotopic (exact) mass is 283 g/mol. The minimum Gasteiger partial charge on any atom is -0.361 e. The highest BCUT2D eigenvalue weighted by atomic mass is 32.1. The molecule has 3 aromatic rings. The van der Waals surface area contributed by atoms with Crippen LogP contribution in [0.5, 0.6) is 0 Å². The second kappa shape index (κ2) is 5.21. The van der Waals surface area contributed by atoms with Crippen molar-refractivity contribution in [2.75, 3.05) is 5.32 Å². The van der Waals surface area contributed by atoms with Crippen molar-refractivity contribution in [1.82, 2.24) is 10.2 Å². The standard InChI is InChI=1S/C16H17N3S/c1-10-8-9-15(20-10)12(3)17-16-14-7-5-4-6-13(14)11(2)18-19-16/h4-9,12H,1-3H3,(H,17,19). The molecule has 0 fully saturated rings. The van der Waals surface area contributed by atoms with Gasteiger partial charge in [0.05, 0.1) is 11.7 Å². The molecular weight excluding hydrogens is 266 g/mol. The van der Waals surface area contributed by atoms with Gasteiger partial charge in [-0.1, -0.05) is 24.3 Å². The van der Waals surface area contributed by atoms with Crippen LogP contribution >= 0.6 is 11.3 Å². The lowest BCUT2D eigenvalue weighted by Crippen LogP contribution is -2.08. The van der Waals surface area contributed by atoms with Gasteiger partial charge in [0.15, 0.2) is 5.82 Å². The van der Waals surface area contributed by atoms with E-state index in [1.165, 1.54) is 9.75 Å². The Kier molecular flexibility index (Phi) is 3.40. The third-order valence-corrected chi connectivity index (χ3v) is 4.60. The molecule has 0 aliphatic carbocycles. The maximum absolute atomic E-state index is 4.32. The number of nitrogens with zero attached hydrogens (tertiary/aromatic N) is 2. The largest absolute Gasteiger partial charge is 0.361 e. The van der Waals surface area contributed by atoms with Gasteiger partial charge >= 0.3 is 0 Å². The number of rotatable bonds is 3. The van der Waals surface area contributed by atoms with Gasteiger partial charge in [-0.3, -0.25) is 0 Å². The molecule has 0 spiro atoms. The lowest BCUT2D eigenvalue weighted by molar-refractivity contribution is 0.879. The Bertz CT molecular complexity index is 748. The van der Waals surface area contributed by atoms with E-state index >= 15 is 0 Å². The third kappa shape index (κ3) is 2.39. The summed E-state index contributed by atoms with van der Waals surface area (Å²) >= 11 is 1.81. The Morgan fingerprint density at radius 3 is 2.45 bits per heavy atom. The van der Waals surface area contributed by atoms with Crippen molar-refractivity contribution < 1.29 is 0 Å². The second-order valence-corrected chi connectivity index (χ2v) is 6.31. The minimum absolute atomic E-state index is 0.231. The van der Waals surface area contributed by atoms with E-state index in [4.69, 9.17) is 0 Å². The zero-order valence-electron chi connectivity index (χ0n) is 11.8. The van der Waals surface area contributed by atoms with E-state index in [1.807, 2.05) is 30.4 Å². The molecule has 0 amide bonds. The number of benzene rings is 1. The molecule has 0 bridgehead atoms. The molecule has 1 aromatic carbocycles. The smallest absolute Gasteiger partial charge is 0.157 e. The summed E-state index contributed by atoms with van der Waals surface area (Å²) in [7, 11) is 0. The van der Waals surface area contributed by atoms with E-state index in [9.17, 15) is 0 Å². The summed E-state index contributed by atoms with van der Waals surface area (Å²) in [6.45, 7) is 6.27. The number of aryl methyl sites for hydroxylation is 2. The van der Waals surface area contributed by atoms with Crippen LogP contribution in [0.2, 0.25) is 0 Å². The van der Waals surface area contributed by atoms with Gasteiger partial charge in [0, 0.05) is 20.5 Å². The van der Waals surface area contributed by atoms with Gasteiger partial charge in [0.1, 0.15) is 0 Å². The SMILES string of the molecule is Cc1ccc(C(C)Nc2nnc(C)c3ccccc23)s1. The van der Waals surface area contributed by atoms with Crippen molar-refractivity contribution in [3.63, 3.8) is 0 Å². The molecule has 0 aliphatic heterocycles. The average molecular weight is 283 g/mol. The number of hydrogen-bond donors (Lipinski definition) is 1. The van der Waals surface area contributed by atoms with E-state index in [1.54, 1.807) is 0 Å². The van der Waals surface area contributed by atoms with Crippen LogP contribution in [0.1, 0.15) is 28.4 Å². The predicted octanol–water partition coefficient (Wildman–Crippen LogP) is 4.48. The zero-order valence-corrected chi connectivity index (χ0v) is 12.7. The molecule has 1 atom stereocenters. The molecule has 20 heavy (non-hydrogen) atoms. The molecule has 0 aliphatic rings. The van der Waals surface area contributed by atoms with Crippen molar-refractivity contribution in [2.24, 2.45) is 0 Å². The summed E-state index contributed by atoms with van der Waals surface area (Å²) in [5, 5.41) is 14.3. The molecule has 2 aromatic heterocycles. The van der Waals surface area contributed by atoms with E-state index in [-0.39, 0.29) is 6.04 Å². The number of nitrogens with one attached hydrogen (secondary N) is 1. The maximum atomic E-state index is 4.32. The Morgan fingerprint density at radius 1 is 1.00 bits per heavy atom. The van der Waals surface area contributed by atoms with Crippen LogP contribution in [-0.2, 0) is 0 Å². The van der Waals surface area contributed by atoms with Crippen LogP contribution in [0.3, 0.4) is 0 Å². The van der Waals surface area contributed by atoms with Crippen LogP contribution in [0.25, 0.3) is 10.8 Å². The highest BCUT2D eigenvalue weighted by Gasteiger charge is 2.11. The van der Waals surface area contributed by atoms with Gasteiger partial charge in [-0.25, -0.2) is 0 Å². The van der Waals surface area contributed by atoms with Gasteiger partial charge in [-0.15, -0.1) is 16.4 Å². The Morgan fingerprint density at radius 2 is 1.75 bits per heavy atom.